The Morgan fingerprint density at radius 1 is 1.30 bits per heavy atom. The molecular weight excluding hydrogens is 334 g/mol. The second-order valence-corrected chi connectivity index (χ2v) is 7.81. The highest BCUT2D eigenvalue weighted by Gasteiger charge is 2.27. The summed E-state index contributed by atoms with van der Waals surface area (Å²) >= 11 is 0. The van der Waals surface area contributed by atoms with E-state index in [1.807, 2.05) is 24.1 Å². The summed E-state index contributed by atoms with van der Waals surface area (Å²) in [5.41, 5.74) is 4.52. The van der Waals surface area contributed by atoms with Gasteiger partial charge in [0.05, 0.1) is 5.69 Å². The van der Waals surface area contributed by atoms with E-state index in [4.69, 9.17) is 4.98 Å². The van der Waals surface area contributed by atoms with Gasteiger partial charge in [0, 0.05) is 30.8 Å². The Morgan fingerprint density at radius 3 is 2.85 bits per heavy atom. The van der Waals surface area contributed by atoms with Gasteiger partial charge in [0.1, 0.15) is 5.82 Å². The molecule has 1 saturated heterocycles. The predicted octanol–water partition coefficient (Wildman–Crippen LogP) is 4.68. The highest BCUT2D eigenvalue weighted by molar-refractivity contribution is 5.87. The summed E-state index contributed by atoms with van der Waals surface area (Å²) in [5, 5.41) is 0. The molecule has 0 bridgehead atoms. The maximum absolute atomic E-state index is 12.6. The number of hydrogen-bond donors (Lipinski definition) is 0. The van der Waals surface area contributed by atoms with E-state index in [1.54, 1.807) is 6.08 Å². The molecular formula is C23H29N3O. The Morgan fingerprint density at radius 2 is 2.11 bits per heavy atom. The third kappa shape index (κ3) is 4.82. The van der Waals surface area contributed by atoms with Gasteiger partial charge in [-0.05, 0) is 44.2 Å². The zero-order chi connectivity index (χ0) is 19.4. The number of benzene rings is 1. The first-order chi connectivity index (χ1) is 12.9. The van der Waals surface area contributed by atoms with Crippen molar-refractivity contribution < 1.29 is 4.79 Å². The van der Waals surface area contributed by atoms with E-state index in [9.17, 15) is 4.79 Å². The van der Waals surface area contributed by atoms with Crippen molar-refractivity contribution >= 4 is 5.91 Å². The fourth-order valence-corrected chi connectivity index (χ4v) is 3.61. The molecule has 1 fully saturated rings. The normalized spacial score (nSPS) is 17.7. The molecule has 4 nitrogen and oxygen atoms in total. The van der Waals surface area contributed by atoms with Gasteiger partial charge in [-0.3, -0.25) is 4.79 Å². The lowest BCUT2D eigenvalue weighted by Gasteiger charge is -2.32. The quantitative estimate of drug-likeness (QED) is 0.741. The van der Waals surface area contributed by atoms with Gasteiger partial charge < -0.3 is 4.90 Å². The van der Waals surface area contributed by atoms with Gasteiger partial charge in [-0.1, -0.05) is 49.8 Å². The lowest BCUT2D eigenvalue weighted by Crippen LogP contribution is -2.38. The van der Waals surface area contributed by atoms with Crippen molar-refractivity contribution in [3.05, 3.63) is 59.7 Å². The van der Waals surface area contributed by atoms with E-state index in [2.05, 4.69) is 50.0 Å². The van der Waals surface area contributed by atoms with Crippen LogP contribution in [0, 0.1) is 19.8 Å². The molecule has 1 unspecified atom stereocenters. The smallest absolute Gasteiger partial charge is 0.246 e. The fraction of sp³-hybridized carbons (Fsp3) is 0.435. The molecule has 1 aromatic carbocycles. The molecule has 0 aliphatic carbocycles. The van der Waals surface area contributed by atoms with E-state index in [1.165, 1.54) is 5.56 Å². The lowest BCUT2D eigenvalue weighted by atomic mass is 9.89. The number of rotatable bonds is 4. The number of aryl methyl sites for hydroxylation is 2. The minimum absolute atomic E-state index is 0.108. The van der Waals surface area contributed by atoms with Gasteiger partial charge in [-0.25, -0.2) is 9.97 Å². The molecule has 1 aliphatic rings. The Bertz CT molecular complexity index is 841. The predicted molar refractivity (Wildman–Crippen MR) is 109 cm³/mol. The fourth-order valence-electron chi connectivity index (χ4n) is 3.61. The molecule has 1 amide bonds. The number of amides is 1. The summed E-state index contributed by atoms with van der Waals surface area (Å²) in [6.45, 7) is 9.74. The van der Waals surface area contributed by atoms with Crippen LogP contribution >= 0.6 is 0 Å². The van der Waals surface area contributed by atoms with E-state index < -0.39 is 0 Å². The van der Waals surface area contributed by atoms with E-state index in [-0.39, 0.29) is 11.8 Å². The van der Waals surface area contributed by atoms with Gasteiger partial charge >= 0.3 is 0 Å². The molecule has 1 aliphatic heterocycles. The van der Waals surface area contributed by atoms with Crippen molar-refractivity contribution in [1.82, 2.24) is 14.9 Å². The molecule has 2 heterocycles. The van der Waals surface area contributed by atoms with Crippen LogP contribution in [0.5, 0.6) is 0 Å². The first-order valence-electron chi connectivity index (χ1n) is 9.81. The average molecular weight is 364 g/mol. The molecule has 0 spiro atoms. The maximum Gasteiger partial charge on any atom is 0.246 e. The summed E-state index contributed by atoms with van der Waals surface area (Å²) < 4.78 is 0. The van der Waals surface area contributed by atoms with E-state index in [0.717, 1.165) is 48.6 Å². The number of likely N-dealkylation sites (tertiary alicyclic amines) is 1. The van der Waals surface area contributed by atoms with Crippen LogP contribution in [0.25, 0.3) is 11.1 Å². The first-order valence-corrected chi connectivity index (χ1v) is 9.81. The monoisotopic (exact) mass is 363 g/mol. The highest BCUT2D eigenvalue weighted by Crippen LogP contribution is 2.33. The molecule has 2 aromatic rings. The Labute approximate surface area is 162 Å². The SMILES string of the molecule is Cc1cccc(-c2cnc(C)nc2C2CCCN(C(=O)/C=C/C(C)C)C2)c1. The van der Waals surface area contributed by atoms with Gasteiger partial charge in [-0.15, -0.1) is 0 Å². The molecule has 0 radical (unpaired) electrons. The van der Waals surface area contributed by atoms with Crippen LogP contribution < -0.4 is 0 Å². The minimum Gasteiger partial charge on any atom is -0.339 e. The van der Waals surface area contributed by atoms with Crippen LogP contribution in [0.4, 0.5) is 0 Å². The van der Waals surface area contributed by atoms with Crippen molar-refractivity contribution in [2.24, 2.45) is 5.92 Å². The second kappa shape index (κ2) is 8.47. The van der Waals surface area contributed by atoms with Crippen molar-refractivity contribution in [3.8, 4) is 11.1 Å². The molecule has 1 aromatic heterocycles. The van der Waals surface area contributed by atoms with Crippen LogP contribution in [0.1, 0.15) is 49.7 Å². The summed E-state index contributed by atoms with van der Waals surface area (Å²) in [6.07, 6.45) is 7.68. The molecule has 142 valence electrons. The minimum atomic E-state index is 0.108. The molecule has 1 atom stereocenters. The van der Waals surface area contributed by atoms with Gasteiger partial charge in [0.25, 0.3) is 0 Å². The molecule has 4 heteroatoms. The van der Waals surface area contributed by atoms with Crippen LogP contribution in [-0.2, 0) is 4.79 Å². The van der Waals surface area contributed by atoms with Crippen LogP contribution in [0.2, 0.25) is 0 Å². The third-order valence-electron chi connectivity index (χ3n) is 5.01. The molecule has 27 heavy (non-hydrogen) atoms. The third-order valence-corrected chi connectivity index (χ3v) is 5.01. The number of nitrogens with zero attached hydrogens (tertiary/aromatic N) is 3. The Hall–Kier alpha value is -2.49. The first kappa shape index (κ1) is 19.3. The largest absolute Gasteiger partial charge is 0.339 e. The van der Waals surface area contributed by atoms with Crippen molar-refractivity contribution in [2.75, 3.05) is 13.1 Å². The lowest BCUT2D eigenvalue weighted by molar-refractivity contribution is -0.127. The van der Waals surface area contributed by atoms with Gasteiger partial charge in [0.15, 0.2) is 0 Å². The van der Waals surface area contributed by atoms with Gasteiger partial charge in [0.2, 0.25) is 5.91 Å². The number of piperidine rings is 1. The second-order valence-electron chi connectivity index (χ2n) is 7.81. The Balaban J connectivity index is 1.89. The molecule has 0 saturated carbocycles. The highest BCUT2D eigenvalue weighted by atomic mass is 16.2. The average Bonchev–Trinajstić information content (AvgIpc) is 2.66. The zero-order valence-corrected chi connectivity index (χ0v) is 16.8. The van der Waals surface area contributed by atoms with Crippen LogP contribution in [0.15, 0.2) is 42.6 Å². The molecule has 3 rings (SSSR count). The summed E-state index contributed by atoms with van der Waals surface area (Å²) in [4.78, 5) is 23.8. The van der Waals surface area contributed by atoms with Crippen LogP contribution in [0.3, 0.4) is 0 Å². The van der Waals surface area contributed by atoms with E-state index in [0.29, 0.717) is 5.92 Å². The topological polar surface area (TPSA) is 46.1 Å². The number of aromatic nitrogens is 2. The maximum atomic E-state index is 12.6. The number of allylic oxidation sites excluding steroid dienone is 1. The zero-order valence-electron chi connectivity index (χ0n) is 16.8. The standard InChI is InChI=1S/C23H29N3O/c1-16(2)10-11-22(27)26-12-6-9-20(15-26)23-21(14-24-18(4)25-23)19-8-5-7-17(3)13-19/h5,7-8,10-11,13-14,16,20H,6,9,12,15H2,1-4H3/b11-10+. The summed E-state index contributed by atoms with van der Waals surface area (Å²) in [7, 11) is 0. The molecule has 0 N–H and O–H groups in total. The van der Waals surface area contributed by atoms with E-state index >= 15 is 0 Å². The summed E-state index contributed by atoms with van der Waals surface area (Å²) in [6, 6.07) is 8.46. The van der Waals surface area contributed by atoms with Gasteiger partial charge in [-0.2, -0.15) is 0 Å². The van der Waals surface area contributed by atoms with Crippen molar-refractivity contribution in [3.63, 3.8) is 0 Å². The van der Waals surface area contributed by atoms with Crippen molar-refractivity contribution in [1.29, 1.82) is 0 Å². The number of carbonyl (C=O) groups is 1. The number of carbonyl (C=O) groups excluding carboxylic acids is 1. The van der Waals surface area contributed by atoms with Crippen molar-refractivity contribution in [2.45, 2.75) is 46.5 Å². The van der Waals surface area contributed by atoms with Crippen LogP contribution in [-0.4, -0.2) is 33.9 Å². The Kier molecular flexibility index (Phi) is 6.04. The summed E-state index contributed by atoms with van der Waals surface area (Å²) in [5.74, 6) is 1.51. The number of hydrogen-bond acceptors (Lipinski definition) is 3.